The van der Waals surface area contributed by atoms with Crippen LogP contribution in [0, 0.1) is 0 Å². The Morgan fingerprint density at radius 2 is 1.50 bits per heavy atom. The average molecular weight is 293 g/mol. The first-order valence-corrected chi connectivity index (χ1v) is 8.79. The molecule has 2 aromatic rings. The minimum absolute atomic E-state index is 1.09. The first-order chi connectivity index (χ1) is 10.8. The zero-order valence-corrected chi connectivity index (χ0v) is 13.9. The molecule has 0 N–H and O–H groups in total. The van der Waals surface area contributed by atoms with E-state index in [4.69, 9.17) is 0 Å². The zero-order chi connectivity index (χ0) is 15.4. The summed E-state index contributed by atoms with van der Waals surface area (Å²) in [6.07, 6.45) is 6.16. The SMILES string of the molecule is CCCCN(CCCC)c1ccc2c(c1)-c1ccccc1C2. The van der Waals surface area contributed by atoms with E-state index in [9.17, 15) is 0 Å². The summed E-state index contributed by atoms with van der Waals surface area (Å²) in [7, 11) is 0. The number of unbranched alkanes of at least 4 members (excludes halogenated alkanes) is 2. The van der Waals surface area contributed by atoms with Gasteiger partial charge in [0, 0.05) is 18.8 Å². The molecule has 3 rings (SSSR count). The second-order valence-corrected chi connectivity index (χ2v) is 6.37. The number of anilines is 1. The van der Waals surface area contributed by atoms with Crippen molar-refractivity contribution in [2.45, 2.75) is 46.0 Å². The average Bonchev–Trinajstić information content (AvgIpc) is 2.93. The van der Waals surface area contributed by atoms with Gasteiger partial charge in [-0.1, -0.05) is 57.0 Å². The lowest BCUT2D eigenvalue weighted by Crippen LogP contribution is -2.25. The fraction of sp³-hybridized carbons (Fsp3) is 0.429. The molecule has 0 saturated heterocycles. The van der Waals surface area contributed by atoms with Crippen molar-refractivity contribution in [2.24, 2.45) is 0 Å². The van der Waals surface area contributed by atoms with Gasteiger partial charge in [-0.15, -0.1) is 0 Å². The number of hydrogen-bond acceptors (Lipinski definition) is 1. The van der Waals surface area contributed by atoms with Crippen LogP contribution in [0.2, 0.25) is 0 Å². The third-order valence-electron chi connectivity index (χ3n) is 4.71. The van der Waals surface area contributed by atoms with E-state index >= 15 is 0 Å². The second kappa shape index (κ2) is 7.00. The molecule has 0 aromatic heterocycles. The number of hydrogen-bond donors (Lipinski definition) is 0. The first-order valence-electron chi connectivity index (χ1n) is 8.79. The van der Waals surface area contributed by atoms with Crippen LogP contribution in [0.4, 0.5) is 5.69 Å². The molecular formula is C21H27N. The van der Waals surface area contributed by atoms with E-state index in [-0.39, 0.29) is 0 Å². The third kappa shape index (κ3) is 3.04. The number of rotatable bonds is 7. The van der Waals surface area contributed by atoms with Crippen LogP contribution < -0.4 is 4.90 Å². The highest BCUT2D eigenvalue weighted by molar-refractivity contribution is 5.79. The molecule has 0 atom stereocenters. The van der Waals surface area contributed by atoms with E-state index < -0.39 is 0 Å². The predicted molar refractivity (Wildman–Crippen MR) is 96.7 cm³/mol. The van der Waals surface area contributed by atoms with Crippen molar-refractivity contribution >= 4 is 5.69 Å². The molecule has 2 aromatic carbocycles. The standard InChI is InChI=1S/C21H27N/c1-3-5-13-22(14-6-4-2)19-12-11-18-15-17-9-7-8-10-20(17)21(18)16-19/h7-12,16H,3-6,13-15H2,1-2H3. The molecule has 22 heavy (non-hydrogen) atoms. The van der Waals surface area contributed by atoms with Crippen LogP contribution in [0.5, 0.6) is 0 Å². The molecule has 0 amide bonds. The van der Waals surface area contributed by atoms with Crippen LogP contribution in [-0.4, -0.2) is 13.1 Å². The molecule has 0 unspecified atom stereocenters. The topological polar surface area (TPSA) is 3.24 Å². The van der Waals surface area contributed by atoms with Crippen LogP contribution >= 0.6 is 0 Å². The molecule has 116 valence electrons. The number of fused-ring (bicyclic) bond motifs is 3. The summed E-state index contributed by atoms with van der Waals surface area (Å²) in [6, 6.07) is 15.9. The van der Waals surface area contributed by atoms with Crippen molar-refractivity contribution in [1.29, 1.82) is 0 Å². The van der Waals surface area contributed by atoms with Gasteiger partial charge < -0.3 is 4.90 Å². The Morgan fingerprint density at radius 3 is 2.23 bits per heavy atom. The van der Waals surface area contributed by atoms with Crippen molar-refractivity contribution in [2.75, 3.05) is 18.0 Å². The van der Waals surface area contributed by atoms with Gasteiger partial charge in [-0.2, -0.15) is 0 Å². The Hall–Kier alpha value is -1.76. The molecule has 1 heteroatoms. The molecule has 0 radical (unpaired) electrons. The van der Waals surface area contributed by atoms with Gasteiger partial charge in [0.25, 0.3) is 0 Å². The van der Waals surface area contributed by atoms with Gasteiger partial charge in [0.05, 0.1) is 0 Å². The van der Waals surface area contributed by atoms with E-state index in [0.29, 0.717) is 0 Å². The lowest BCUT2D eigenvalue weighted by molar-refractivity contribution is 0.678. The van der Waals surface area contributed by atoms with Crippen molar-refractivity contribution in [3.63, 3.8) is 0 Å². The Labute approximate surface area is 135 Å². The molecule has 1 aliphatic carbocycles. The highest BCUT2D eigenvalue weighted by Gasteiger charge is 2.19. The van der Waals surface area contributed by atoms with Gasteiger partial charge in [0.15, 0.2) is 0 Å². The van der Waals surface area contributed by atoms with E-state index in [1.165, 1.54) is 66.7 Å². The molecular weight excluding hydrogens is 266 g/mol. The Balaban J connectivity index is 1.89. The maximum absolute atomic E-state index is 2.58. The minimum atomic E-state index is 1.09. The smallest absolute Gasteiger partial charge is 0.0372 e. The van der Waals surface area contributed by atoms with Crippen LogP contribution in [0.3, 0.4) is 0 Å². The van der Waals surface area contributed by atoms with Crippen molar-refractivity contribution < 1.29 is 0 Å². The van der Waals surface area contributed by atoms with Gasteiger partial charge in [0.1, 0.15) is 0 Å². The largest absolute Gasteiger partial charge is 0.372 e. The van der Waals surface area contributed by atoms with Crippen LogP contribution in [0.15, 0.2) is 42.5 Å². The van der Waals surface area contributed by atoms with Crippen LogP contribution in [0.1, 0.15) is 50.7 Å². The summed E-state index contributed by atoms with van der Waals surface area (Å²) in [5.41, 5.74) is 7.24. The Bertz CT molecular complexity index is 622. The van der Waals surface area contributed by atoms with E-state index in [1.54, 1.807) is 0 Å². The molecule has 0 heterocycles. The highest BCUT2D eigenvalue weighted by Crippen LogP contribution is 2.38. The number of benzene rings is 2. The normalized spacial score (nSPS) is 12.1. The van der Waals surface area contributed by atoms with Gasteiger partial charge in [-0.25, -0.2) is 0 Å². The fourth-order valence-electron chi connectivity index (χ4n) is 3.38. The molecule has 0 fully saturated rings. The number of nitrogens with zero attached hydrogens (tertiary/aromatic N) is 1. The van der Waals surface area contributed by atoms with E-state index in [1.807, 2.05) is 0 Å². The van der Waals surface area contributed by atoms with Crippen molar-refractivity contribution in [3.8, 4) is 11.1 Å². The van der Waals surface area contributed by atoms with Gasteiger partial charge in [-0.05, 0) is 53.6 Å². The maximum Gasteiger partial charge on any atom is 0.0372 e. The third-order valence-corrected chi connectivity index (χ3v) is 4.71. The summed E-state index contributed by atoms with van der Waals surface area (Å²) < 4.78 is 0. The fourth-order valence-corrected chi connectivity index (χ4v) is 3.38. The highest BCUT2D eigenvalue weighted by atomic mass is 15.1. The van der Waals surface area contributed by atoms with Gasteiger partial charge in [0.2, 0.25) is 0 Å². The minimum Gasteiger partial charge on any atom is -0.372 e. The predicted octanol–water partition coefficient (Wildman–Crippen LogP) is 5.66. The summed E-state index contributed by atoms with van der Waals surface area (Å²) >= 11 is 0. The van der Waals surface area contributed by atoms with Crippen LogP contribution in [-0.2, 0) is 6.42 Å². The Morgan fingerprint density at radius 1 is 0.818 bits per heavy atom. The van der Waals surface area contributed by atoms with E-state index in [0.717, 1.165) is 6.42 Å². The first kappa shape index (κ1) is 15.1. The van der Waals surface area contributed by atoms with E-state index in [2.05, 4.69) is 61.2 Å². The van der Waals surface area contributed by atoms with Crippen molar-refractivity contribution in [1.82, 2.24) is 0 Å². The molecule has 0 spiro atoms. The summed E-state index contributed by atoms with van der Waals surface area (Å²) in [4.78, 5) is 2.58. The lowest BCUT2D eigenvalue weighted by Gasteiger charge is -2.25. The molecule has 0 saturated carbocycles. The monoisotopic (exact) mass is 293 g/mol. The maximum atomic E-state index is 2.58. The summed E-state index contributed by atoms with van der Waals surface area (Å²) in [5, 5.41) is 0. The van der Waals surface area contributed by atoms with Gasteiger partial charge >= 0.3 is 0 Å². The molecule has 1 aliphatic rings. The Kier molecular flexibility index (Phi) is 4.82. The quantitative estimate of drug-likeness (QED) is 0.543. The van der Waals surface area contributed by atoms with Crippen molar-refractivity contribution in [3.05, 3.63) is 53.6 Å². The molecule has 1 nitrogen and oxygen atoms in total. The zero-order valence-electron chi connectivity index (χ0n) is 13.9. The second-order valence-electron chi connectivity index (χ2n) is 6.37. The molecule has 0 bridgehead atoms. The van der Waals surface area contributed by atoms with Gasteiger partial charge in [-0.3, -0.25) is 0 Å². The lowest BCUT2D eigenvalue weighted by atomic mass is 10.0. The summed E-state index contributed by atoms with van der Waals surface area (Å²) in [5.74, 6) is 0. The summed E-state index contributed by atoms with van der Waals surface area (Å²) in [6.45, 7) is 6.90. The molecule has 0 aliphatic heterocycles. The van der Waals surface area contributed by atoms with Crippen LogP contribution in [0.25, 0.3) is 11.1 Å².